The zero-order chi connectivity index (χ0) is 24.2. The van der Waals surface area contributed by atoms with Gasteiger partial charge in [0, 0.05) is 32.2 Å². The molecule has 0 N–H and O–H groups in total. The highest BCUT2D eigenvalue weighted by Gasteiger charge is 2.31. The summed E-state index contributed by atoms with van der Waals surface area (Å²) in [5.74, 6) is -0.828. The molecule has 12 heteroatoms. The number of halogens is 1. The Bertz CT molecular complexity index is 1210. The highest BCUT2D eigenvalue weighted by Crippen LogP contribution is 2.37. The van der Waals surface area contributed by atoms with Crippen LogP contribution >= 0.6 is 11.3 Å². The van der Waals surface area contributed by atoms with Gasteiger partial charge in [-0.05, 0) is 12.1 Å². The van der Waals surface area contributed by atoms with Crippen molar-refractivity contribution in [2.75, 3.05) is 58.5 Å². The molecule has 0 spiro atoms. The first kappa shape index (κ1) is 23.8. The van der Waals surface area contributed by atoms with E-state index in [0.717, 1.165) is 17.4 Å². The molecule has 0 atom stereocenters. The molecule has 4 rings (SSSR count). The minimum atomic E-state index is -0.645. The van der Waals surface area contributed by atoms with Crippen molar-refractivity contribution in [2.24, 2.45) is 0 Å². The normalized spacial score (nSPS) is 14.2. The predicted molar refractivity (Wildman–Crippen MR) is 125 cm³/mol. The molecule has 1 aliphatic heterocycles. The van der Waals surface area contributed by atoms with E-state index in [1.54, 1.807) is 12.1 Å². The molecule has 1 aliphatic rings. The summed E-state index contributed by atoms with van der Waals surface area (Å²) in [6.07, 6.45) is 0. The number of anilines is 1. The number of rotatable bonds is 8. The van der Waals surface area contributed by atoms with Crippen LogP contribution in [0.4, 0.5) is 15.2 Å². The number of benzene rings is 2. The van der Waals surface area contributed by atoms with Crippen LogP contribution < -0.4 is 14.4 Å². The van der Waals surface area contributed by atoms with Crippen LogP contribution in [-0.4, -0.2) is 74.3 Å². The highest BCUT2D eigenvalue weighted by molar-refractivity contribution is 7.22. The van der Waals surface area contributed by atoms with Crippen molar-refractivity contribution in [2.45, 2.75) is 0 Å². The monoisotopic (exact) mass is 490 g/mol. The van der Waals surface area contributed by atoms with Crippen molar-refractivity contribution in [3.05, 3.63) is 51.8 Å². The zero-order valence-electron chi connectivity index (χ0n) is 18.7. The van der Waals surface area contributed by atoms with E-state index in [9.17, 15) is 19.3 Å². The molecule has 1 aromatic heterocycles. The van der Waals surface area contributed by atoms with Crippen molar-refractivity contribution in [1.29, 1.82) is 0 Å². The van der Waals surface area contributed by atoms with Crippen LogP contribution in [0.2, 0.25) is 0 Å². The average molecular weight is 491 g/mol. The third-order valence-electron chi connectivity index (χ3n) is 5.51. The van der Waals surface area contributed by atoms with Gasteiger partial charge in [-0.3, -0.25) is 24.7 Å². The number of nitrogens with zero attached hydrogens (tertiary/aromatic N) is 4. The molecule has 180 valence electrons. The Balaban J connectivity index is 1.76. The molecule has 0 radical (unpaired) electrons. The SMILES string of the molecule is COc1cc(C(=O)N(CCN2CCOCC2)c2nc3c(F)cccc3s2)c([N+](=O)[O-])cc1OC. The van der Waals surface area contributed by atoms with Gasteiger partial charge in [-0.2, -0.15) is 0 Å². The Hall–Kier alpha value is -3.35. The molecule has 2 aromatic carbocycles. The van der Waals surface area contributed by atoms with E-state index in [1.165, 1.54) is 31.3 Å². The summed E-state index contributed by atoms with van der Waals surface area (Å²) >= 11 is 1.15. The van der Waals surface area contributed by atoms with Gasteiger partial charge in [-0.15, -0.1) is 0 Å². The Labute approximate surface area is 198 Å². The van der Waals surface area contributed by atoms with Crippen molar-refractivity contribution in [1.82, 2.24) is 9.88 Å². The lowest BCUT2D eigenvalue weighted by Gasteiger charge is -2.29. The maximum atomic E-state index is 14.3. The molecule has 2 heterocycles. The van der Waals surface area contributed by atoms with Gasteiger partial charge in [0.1, 0.15) is 16.9 Å². The quantitative estimate of drug-likeness (QED) is 0.350. The molecule has 0 bridgehead atoms. The maximum absolute atomic E-state index is 14.3. The lowest BCUT2D eigenvalue weighted by molar-refractivity contribution is -0.385. The number of morpholine rings is 1. The number of hydrogen-bond acceptors (Lipinski definition) is 9. The number of para-hydroxylation sites is 1. The molecule has 0 unspecified atom stereocenters. The Kier molecular flexibility index (Phi) is 7.20. The predicted octanol–water partition coefficient (Wildman–Crippen LogP) is 3.34. The number of hydrogen-bond donors (Lipinski definition) is 0. The van der Waals surface area contributed by atoms with E-state index in [4.69, 9.17) is 14.2 Å². The van der Waals surface area contributed by atoms with Crippen molar-refractivity contribution < 1.29 is 28.3 Å². The lowest BCUT2D eigenvalue weighted by atomic mass is 10.1. The van der Waals surface area contributed by atoms with Crippen molar-refractivity contribution in [3.63, 3.8) is 0 Å². The fourth-order valence-electron chi connectivity index (χ4n) is 3.70. The van der Waals surface area contributed by atoms with Gasteiger partial charge < -0.3 is 14.2 Å². The fraction of sp³-hybridized carbons (Fsp3) is 0.364. The second-order valence-corrected chi connectivity index (χ2v) is 8.48. The Morgan fingerprint density at radius 1 is 1.26 bits per heavy atom. The molecule has 0 saturated carbocycles. The van der Waals surface area contributed by atoms with Gasteiger partial charge >= 0.3 is 0 Å². The first-order valence-electron chi connectivity index (χ1n) is 10.5. The van der Waals surface area contributed by atoms with E-state index in [2.05, 4.69) is 9.88 Å². The number of nitro groups is 1. The summed E-state index contributed by atoms with van der Waals surface area (Å²) in [6, 6.07) is 7.02. The summed E-state index contributed by atoms with van der Waals surface area (Å²) in [5, 5.41) is 12.0. The summed E-state index contributed by atoms with van der Waals surface area (Å²) < 4.78 is 30.7. The minimum Gasteiger partial charge on any atom is -0.493 e. The number of thiazole rings is 1. The van der Waals surface area contributed by atoms with Crippen LogP contribution in [0.15, 0.2) is 30.3 Å². The summed E-state index contributed by atoms with van der Waals surface area (Å²) in [5.41, 5.74) is -0.454. The van der Waals surface area contributed by atoms with Gasteiger partial charge in [-0.25, -0.2) is 9.37 Å². The largest absolute Gasteiger partial charge is 0.493 e. The van der Waals surface area contributed by atoms with Crippen molar-refractivity contribution >= 4 is 38.3 Å². The topological polar surface area (TPSA) is 107 Å². The van der Waals surface area contributed by atoms with Crippen LogP contribution in [0.3, 0.4) is 0 Å². The van der Waals surface area contributed by atoms with E-state index in [-0.39, 0.29) is 34.3 Å². The molecule has 3 aromatic rings. The number of nitro benzene ring substituents is 1. The maximum Gasteiger partial charge on any atom is 0.286 e. The average Bonchev–Trinajstić information content (AvgIpc) is 3.29. The summed E-state index contributed by atoms with van der Waals surface area (Å²) in [6.45, 7) is 3.27. The first-order valence-corrected chi connectivity index (χ1v) is 11.3. The Morgan fingerprint density at radius 3 is 2.62 bits per heavy atom. The first-order chi connectivity index (χ1) is 16.4. The molecular formula is C22H23FN4O6S. The number of carbonyl (C=O) groups is 1. The molecule has 0 aliphatic carbocycles. The molecule has 10 nitrogen and oxygen atoms in total. The number of carbonyl (C=O) groups excluding carboxylic acids is 1. The van der Waals surface area contributed by atoms with Crippen LogP contribution in [-0.2, 0) is 4.74 Å². The van der Waals surface area contributed by atoms with Crippen molar-refractivity contribution in [3.8, 4) is 11.5 Å². The summed E-state index contributed by atoms with van der Waals surface area (Å²) in [4.78, 5) is 32.7. The van der Waals surface area contributed by atoms with Crippen LogP contribution in [0, 0.1) is 15.9 Å². The van der Waals surface area contributed by atoms with Gasteiger partial charge in [0.2, 0.25) is 0 Å². The van der Waals surface area contributed by atoms with Gasteiger partial charge in [-0.1, -0.05) is 17.4 Å². The van der Waals surface area contributed by atoms with Crippen LogP contribution in [0.5, 0.6) is 11.5 Å². The van der Waals surface area contributed by atoms with Crippen LogP contribution in [0.1, 0.15) is 10.4 Å². The zero-order valence-corrected chi connectivity index (χ0v) is 19.5. The minimum absolute atomic E-state index is 0.132. The third kappa shape index (κ3) is 4.79. The van der Waals surface area contributed by atoms with E-state index < -0.39 is 22.3 Å². The van der Waals surface area contributed by atoms with E-state index in [1.807, 2.05) is 0 Å². The second-order valence-electron chi connectivity index (χ2n) is 7.48. The highest BCUT2D eigenvalue weighted by atomic mass is 32.1. The number of ether oxygens (including phenoxy) is 3. The van der Waals surface area contributed by atoms with Crippen LogP contribution in [0.25, 0.3) is 10.2 Å². The van der Waals surface area contributed by atoms with Gasteiger partial charge in [0.05, 0.1) is 43.1 Å². The smallest absolute Gasteiger partial charge is 0.286 e. The van der Waals surface area contributed by atoms with Gasteiger partial charge in [0.25, 0.3) is 11.6 Å². The summed E-state index contributed by atoms with van der Waals surface area (Å²) in [7, 11) is 2.73. The molecule has 1 fully saturated rings. The third-order valence-corrected chi connectivity index (χ3v) is 6.55. The number of amides is 1. The number of methoxy groups -OCH3 is 2. The standard InChI is InChI=1S/C22H23FN4O6S/c1-31-17-12-14(16(27(29)30)13-18(17)32-2)21(28)26(7-6-25-8-10-33-11-9-25)22-24-20-15(23)4-3-5-19(20)34-22/h3-5,12-13H,6-11H2,1-2H3. The number of fused-ring (bicyclic) bond motifs is 1. The lowest BCUT2D eigenvalue weighted by Crippen LogP contribution is -2.43. The second kappa shape index (κ2) is 10.3. The molecule has 1 saturated heterocycles. The van der Waals surface area contributed by atoms with E-state index in [0.29, 0.717) is 37.5 Å². The Morgan fingerprint density at radius 2 is 1.97 bits per heavy atom. The number of aromatic nitrogens is 1. The molecule has 1 amide bonds. The van der Waals surface area contributed by atoms with E-state index >= 15 is 0 Å². The van der Waals surface area contributed by atoms with Gasteiger partial charge in [0.15, 0.2) is 16.6 Å². The molecular weight excluding hydrogens is 467 g/mol. The fourth-order valence-corrected chi connectivity index (χ4v) is 4.71. The molecule has 34 heavy (non-hydrogen) atoms.